The van der Waals surface area contributed by atoms with Gasteiger partial charge >= 0.3 is 0 Å². The molecule has 1 aliphatic rings. The van der Waals surface area contributed by atoms with Crippen LogP contribution in [0.2, 0.25) is 5.04 Å². The summed E-state index contributed by atoms with van der Waals surface area (Å²) in [5.74, 6) is 0. The predicted octanol–water partition coefficient (Wildman–Crippen LogP) is 1.39. The highest BCUT2D eigenvalue weighted by Gasteiger charge is 2.55. The second-order valence-electron chi connectivity index (χ2n) is 6.00. The summed E-state index contributed by atoms with van der Waals surface area (Å²) in [6.45, 7) is 12.2. The number of hydrogen-bond acceptors (Lipinski definition) is 1. The molecule has 1 aliphatic carbocycles. The van der Waals surface area contributed by atoms with Crippen LogP contribution in [0.15, 0.2) is 0 Å². The van der Waals surface area contributed by atoms with Crippen LogP contribution in [-0.2, 0) is 4.12 Å². The van der Waals surface area contributed by atoms with E-state index in [0.29, 0.717) is 15.9 Å². The van der Waals surface area contributed by atoms with Crippen LogP contribution in [0.5, 0.6) is 0 Å². The van der Waals surface area contributed by atoms with Gasteiger partial charge in [-0.05, 0) is 28.7 Å². The van der Waals surface area contributed by atoms with Crippen LogP contribution < -0.4 is 0 Å². The maximum atomic E-state index is 5.64. The largest absolute Gasteiger partial charge is 0.468 e. The minimum atomic E-state index is -0.310. The zero-order valence-corrected chi connectivity index (χ0v) is 13.4. The topological polar surface area (TPSA) is 9.23 Å². The number of hydrogen-bond donors (Lipinski definition) is 0. The molecule has 0 saturated heterocycles. The molecule has 1 fully saturated rings. The van der Waals surface area contributed by atoms with Gasteiger partial charge in [-0.2, -0.15) is 0 Å². The molecule has 0 aromatic carbocycles. The molecule has 0 radical (unpaired) electrons. The second kappa shape index (κ2) is 3.21. The lowest BCUT2D eigenvalue weighted by Crippen LogP contribution is -2.38. The fraction of sp³-hybridized carbons (Fsp3) is 1.00. The summed E-state index contributed by atoms with van der Waals surface area (Å²) in [6, 6.07) is 0. The molecule has 0 aromatic heterocycles. The van der Waals surface area contributed by atoms with E-state index in [1.54, 1.807) is 0 Å². The first-order valence-electron chi connectivity index (χ1n) is 5.26. The molecule has 1 saturated carbocycles. The van der Waals surface area contributed by atoms with E-state index in [-0.39, 0.29) is 9.76 Å². The van der Waals surface area contributed by atoms with Gasteiger partial charge < -0.3 is 4.12 Å². The van der Waals surface area contributed by atoms with Gasteiger partial charge in [0, 0.05) is 0 Å². The van der Waals surface area contributed by atoms with Crippen molar-refractivity contribution in [2.45, 2.75) is 52.5 Å². The van der Waals surface area contributed by atoms with Crippen LogP contribution in [0.3, 0.4) is 0 Å². The van der Waals surface area contributed by atoms with E-state index in [2.05, 4.69) is 34.6 Å². The van der Waals surface area contributed by atoms with Gasteiger partial charge in [0.15, 0.2) is 9.76 Å². The molecule has 3 heteroatoms. The summed E-state index contributed by atoms with van der Waals surface area (Å²) >= 11 is 0. The average molecular weight is 216 g/mol. The molecule has 0 bridgehead atoms. The van der Waals surface area contributed by atoms with E-state index in [9.17, 15) is 0 Å². The van der Waals surface area contributed by atoms with E-state index in [4.69, 9.17) is 4.12 Å². The van der Waals surface area contributed by atoms with Crippen LogP contribution in [0.1, 0.15) is 47.5 Å². The van der Waals surface area contributed by atoms with Gasteiger partial charge in [-0.3, -0.25) is 0 Å². The van der Waals surface area contributed by atoms with Crippen molar-refractivity contribution in [3.05, 3.63) is 0 Å². The molecular formula is C10H24OSi2. The molecule has 0 amide bonds. The Morgan fingerprint density at radius 2 is 1.62 bits per heavy atom. The highest BCUT2D eigenvalue weighted by molar-refractivity contribution is 6.38. The first-order valence-corrected chi connectivity index (χ1v) is 7.36. The van der Waals surface area contributed by atoms with E-state index >= 15 is 0 Å². The van der Waals surface area contributed by atoms with Gasteiger partial charge in [-0.1, -0.05) is 34.6 Å². The van der Waals surface area contributed by atoms with Crippen molar-refractivity contribution in [1.29, 1.82) is 0 Å². The molecule has 0 heterocycles. The van der Waals surface area contributed by atoms with Crippen molar-refractivity contribution in [3.63, 3.8) is 0 Å². The molecule has 1 rings (SSSR count). The Bertz CT molecular complexity index is 201. The Labute approximate surface area is 88.1 Å². The van der Waals surface area contributed by atoms with Gasteiger partial charge in [0.25, 0.3) is 0 Å². The summed E-state index contributed by atoms with van der Waals surface area (Å²) in [4.78, 5) is 0. The summed E-state index contributed by atoms with van der Waals surface area (Å²) in [5.41, 5.74) is 0.950. The van der Waals surface area contributed by atoms with Crippen LogP contribution in [0.25, 0.3) is 0 Å². The van der Waals surface area contributed by atoms with Gasteiger partial charge in [0.05, 0.1) is 0 Å². The lowest BCUT2D eigenvalue weighted by molar-refractivity contribution is 0.119. The van der Waals surface area contributed by atoms with E-state index in [1.807, 2.05) is 0 Å². The van der Waals surface area contributed by atoms with Gasteiger partial charge in [-0.15, -0.1) is 0 Å². The maximum absolute atomic E-state index is 5.64. The van der Waals surface area contributed by atoms with Crippen molar-refractivity contribution in [2.24, 2.45) is 10.8 Å². The first kappa shape index (κ1) is 11.5. The lowest BCUT2D eigenvalue weighted by Gasteiger charge is -2.45. The molecule has 0 N–H and O–H groups in total. The third-order valence-corrected chi connectivity index (χ3v) is 7.99. The van der Waals surface area contributed by atoms with Crippen molar-refractivity contribution < 1.29 is 4.12 Å². The normalized spacial score (nSPS) is 37.6. The molecule has 1 atom stereocenters. The van der Waals surface area contributed by atoms with Gasteiger partial charge in [0.2, 0.25) is 0 Å². The molecule has 1 nitrogen and oxygen atoms in total. The zero-order valence-electron chi connectivity index (χ0n) is 10.0. The first-order chi connectivity index (χ1) is 5.77. The standard InChI is InChI=1S/C10H24OSi2/c1-8(2)6-7-10(5,13-11-12)9(8,3)4/h6-7,13H2,1-5,12H3. The third kappa shape index (κ3) is 1.55. The Hall–Kier alpha value is 0.394. The molecule has 13 heavy (non-hydrogen) atoms. The predicted molar refractivity (Wildman–Crippen MR) is 64.7 cm³/mol. The highest BCUT2D eigenvalue weighted by Crippen LogP contribution is 2.66. The summed E-state index contributed by atoms with van der Waals surface area (Å²) in [5, 5.41) is 0.526. The Morgan fingerprint density at radius 3 is 1.92 bits per heavy atom. The van der Waals surface area contributed by atoms with Crippen molar-refractivity contribution in [3.8, 4) is 0 Å². The third-order valence-electron chi connectivity index (χ3n) is 4.97. The summed E-state index contributed by atoms with van der Waals surface area (Å²) in [7, 11) is 0.622. The minimum Gasteiger partial charge on any atom is -0.468 e. The smallest absolute Gasteiger partial charge is 0.152 e. The SMILES string of the molecule is CC1(C)CCC(C)([SiH2]O[SiH3])C1(C)C. The van der Waals surface area contributed by atoms with Crippen molar-refractivity contribution in [1.82, 2.24) is 0 Å². The lowest BCUT2D eigenvalue weighted by atomic mass is 9.67. The average Bonchev–Trinajstić information content (AvgIpc) is 2.13. The quantitative estimate of drug-likeness (QED) is 0.634. The zero-order chi connectivity index (χ0) is 10.3. The van der Waals surface area contributed by atoms with E-state index in [0.717, 1.165) is 10.5 Å². The van der Waals surface area contributed by atoms with E-state index in [1.165, 1.54) is 12.8 Å². The van der Waals surface area contributed by atoms with E-state index < -0.39 is 0 Å². The monoisotopic (exact) mass is 216 g/mol. The Kier molecular flexibility index (Phi) is 2.83. The van der Waals surface area contributed by atoms with Crippen LogP contribution in [-0.4, -0.2) is 20.2 Å². The molecule has 0 spiro atoms. The highest BCUT2D eigenvalue weighted by atomic mass is 28.3. The van der Waals surface area contributed by atoms with Crippen molar-refractivity contribution in [2.75, 3.05) is 0 Å². The fourth-order valence-electron chi connectivity index (χ4n) is 2.60. The number of rotatable bonds is 2. The molecule has 0 aliphatic heterocycles. The van der Waals surface area contributed by atoms with Crippen LogP contribution in [0, 0.1) is 10.8 Å². The fourth-order valence-corrected chi connectivity index (χ4v) is 6.31. The summed E-state index contributed by atoms with van der Waals surface area (Å²) in [6.07, 6.45) is 2.75. The Balaban J connectivity index is 2.92. The molecule has 78 valence electrons. The molecular weight excluding hydrogens is 192 g/mol. The molecule has 1 unspecified atom stereocenters. The minimum absolute atomic E-state index is 0.310. The van der Waals surface area contributed by atoms with Gasteiger partial charge in [-0.25, -0.2) is 0 Å². The Morgan fingerprint density at radius 1 is 1.08 bits per heavy atom. The van der Waals surface area contributed by atoms with Crippen LogP contribution >= 0.6 is 0 Å². The molecule has 0 aromatic rings. The second-order valence-corrected chi connectivity index (χ2v) is 10.2. The van der Waals surface area contributed by atoms with Crippen LogP contribution in [0.4, 0.5) is 0 Å². The van der Waals surface area contributed by atoms with Gasteiger partial charge in [0.1, 0.15) is 10.5 Å². The summed E-state index contributed by atoms with van der Waals surface area (Å²) < 4.78 is 5.64. The van der Waals surface area contributed by atoms with Crippen molar-refractivity contribution >= 4 is 20.2 Å². The maximum Gasteiger partial charge on any atom is 0.152 e.